The molecule has 1 fully saturated rings. The number of hydrogen-bond donors (Lipinski definition) is 2. The number of hydrogen-bond acceptors (Lipinski definition) is 9. The number of hydrazone groups is 1. The van der Waals surface area contributed by atoms with E-state index in [-0.39, 0.29) is 24.3 Å². The molecule has 2 aromatic carbocycles. The van der Waals surface area contributed by atoms with Gasteiger partial charge in [-0.25, -0.2) is 14.8 Å². The number of amides is 1. The number of nitrogens with zero attached hydrogens (tertiary/aromatic N) is 4. The molecular weight excluding hydrogens is 467 g/mol. The lowest BCUT2D eigenvalue weighted by Gasteiger charge is -2.27. The molecule has 0 aliphatic carbocycles. The topological polar surface area (TPSA) is 110 Å². The Morgan fingerprint density at radius 2 is 1.97 bits per heavy atom. The second-order valence-electron chi connectivity index (χ2n) is 7.95. The van der Waals surface area contributed by atoms with E-state index < -0.39 is 5.82 Å². The van der Waals surface area contributed by atoms with Gasteiger partial charge in [-0.1, -0.05) is 17.7 Å². The number of rotatable bonds is 9. The molecule has 188 valence electrons. The van der Waals surface area contributed by atoms with E-state index in [0.717, 1.165) is 11.8 Å². The molecule has 1 aliphatic heterocycles. The predicted octanol–water partition coefficient (Wildman–Crippen LogP) is 3.23. The van der Waals surface area contributed by atoms with Crippen LogP contribution < -0.4 is 25.1 Å². The number of methoxy groups -OCH3 is 1. The third-order valence-electron chi connectivity index (χ3n) is 5.30. The van der Waals surface area contributed by atoms with E-state index in [9.17, 15) is 9.18 Å². The maximum absolute atomic E-state index is 14.2. The molecule has 0 bridgehead atoms. The van der Waals surface area contributed by atoms with Crippen molar-refractivity contribution in [1.82, 2.24) is 9.97 Å². The van der Waals surface area contributed by atoms with E-state index in [0.29, 0.717) is 49.1 Å². The summed E-state index contributed by atoms with van der Waals surface area (Å²) in [5.41, 5.74) is 5.22. The van der Waals surface area contributed by atoms with Crippen LogP contribution in [-0.4, -0.2) is 62.1 Å². The van der Waals surface area contributed by atoms with Gasteiger partial charge in [0.1, 0.15) is 0 Å². The predicted molar refractivity (Wildman–Crippen MR) is 135 cm³/mol. The fourth-order valence-electron chi connectivity index (χ4n) is 3.43. The SMILES string of the molecule is COc1cc(/C=N\Nc2ncc(F)c(N3CCOCC3)n2)ccc1OCC(=O)Nc1ccc(C)cc1. The fourth-order valence-corrected chi connectivity index (χ4v) is 3.43. The fraction of sp³-hybridized carbons (Fsp3) is 0.280. The molecule has 0 atom stereocenters. The van der Waals surface area contributed by atoms with E-state index >= 15 is 0 Å². The van der Waals surface area contributed by atoms with Crippen LogP contribution in [0.25, 0.3) is 0 Å². The van der Waals surface area contributed by atoms with E-state index in [2.05, 4.69) is 25.8 Å². The first-order chi connectivity index (χ1) is 17.5. The van der Waals surface area contributed by atoms with Crippen LogP contribution in [0.3, 0.4) is 0 Å². The van der Waals surface area contributed by atoms with Crippen molar-refractivity contribution < 1.29 is 23.4 Å². The van der Waals surface area contributed by atoms with E-state index in [1.807, 2.05) is 31.2 Å². The lowest BCUT2D eigenvalue weighted by atomic mass is 10.2. The molecule has 1 aromatic heterocycles. The monoisotopic (exact) mass is 494 g/mol. The quantitative estimate of drug-likeness (QED) is 0.345. The van der Waals surface area contributed by atoms with Crippen LogP contribution >= 0.6 is 0 Å². The minimum absolute atomic E-state index is 0.167. The molecule has 1 aliphatic rings. The molecule has 10 nitrogen and oxygen atoms in total. The highest BCUT2D eigenvalue weighted by molar-refractivity contribution is 5.92. The number of aryl methyl sites for hydroxylation is 1. The Morgan fingerprint density at radius 1 is 1.19 bits per heavy atom. The summed E-state index contributed by atoms with van der Waals surface area (Å²) in [6, 6.07) is 12.6. The summed E-state index contributed by atoms with van der Waals surface area (Å²) in [6.45, 7) is 3.95. The lowest BCUT2D eigenvalue weighted by Crippen LogP contribution is -2.37. The molecule has 0 spiro atoms. The molecule has 1 amide bonds. The van der Waals surface area contributed by atoms with Crippen molar-refractivity contribution >= 4 is 29.6 Å². The molecule has 1 saturated heterocycles. The van der Waals surface area contributed by atoms with E-state index in [1.165, 1.54) is 13.3 Å². The van der Waals surface area contributed by atoms with Gasteiger partial charge in [0.05, 0.1) is 32.7 Å². The maximum Gasteiger partial charge on any atom is 0.262 e. The molecular formula is C25H27FN6O4. The third-order valence-corrected chi connectivity index (χ3v) is 5.30. The standard InChI is InChI=1S/C25H27FN6O4/c1-17-3-6-19(7-4-17)29-23(33)16-36-21-8-5-18(13-22(21)34-2)14-28-31-25-27-15-20(26)24(30-25)32-9-11-35-12-10-32/h3-8,13-15H,9-12,16H2,1-2H3,(H,29,33)(H,27,30,31)/b28-14-. The van der Waals surface area contributed by atoms with Gasteiger partial charge < -0.3 is 24.4 Å². The first-order valence-electron chi connectivity index (χ1n) is 11.3. The number of halogens is 1. The molecule has 0 saturated carbocycles. The first-order valence-corrected chi connectivity index (χ1v) is 11.3. The van der Waals surface area contributed by atoms with E-state index in [4.69, 9.17) is 14.2 Å². The van der Waals surface area contributed by atoms with Gasteiger partial charge in [0.2, 0.25) is 5.95 Å². The number of anilines is 3. The third kappa shape index (κ3) is 6.66. The number of aromatic nitrogens is 2. The smallest absolute Gasteiger partial charge is 0.262 e. The summed E-state index contributed by atoms with van der Waals surface area (Å²) in [7, 11) is 1.51. The van der Waals surface area contributed by atoms with Crippen LogP contribution in [0.15, 0.2) is 53.8 Å². The van der Waals surface area contributed by atoms with Crippen molar-refractivity contribution in [1.29, 1.82) is 0 Å². The molecule has 2 N–H and O–H groups in total. The largest absolute Gasteiger partial charge is 0.493 e. The van der Waals surface area contributed by atoms with Gasteiger partial charge in [-0.15, -0.1) is 0 Å². The number of morpholine rings is 1. The van der Waals surface area contributed by atoms with Crippen molar-refractivity contribution in [3.8, 4) is 11.5 Å². The Hall–Kier alpha value is -4.25. The summed E-state index contributed by atoms with van der Waals surface area (Å²) in [6.07, 6.45) is 2.65. The van der Waals surface area contributed by atoms with Crippen molar-refractivity contribution in [2.24, 2.45) is 5.10 Å². The van der Waals surface area contributed by atoms with Crippen LogP contribution in [0.5, 0.6) is 11.5 Å². The zero-order valence-electron chi connectivity index (χ0n) is 20.0. The molecule has 4 rings (SSSR count). The summed E-state index contributed by atoms with van der Waals surface area (Å²) in [5.74, 6) is 0.445. The highest BCUT2D eigenvalue weighted by atomic mass is 19.1. The lowest BCUT2D eigenvalue weighted by molar-refractivity contribution is -0.118. The molecule has 0 radical (unpaired) electrons. The van der Waals surface area contributed by atoms with Crippen LogP contribution in [0.1, 0.15) is 11.1 Å². The average Bonchev–Trinajstić information content (AvgIpc) is 2.90. The van der Waals surface area contributed by atoms with E-state index in [1.54, 1.807) is 23.1 Å². The highest BCUT2D eigenvalue weighted by Gasteiger charge is 2.17. The number of carbonyl (C=O) groups is 1. The molecule has 36 heavy (non-hydrogen) atoms. The zero-order valence-corrected chi connectivity index (χ0v) is 20.0. The van der Waals surface area contributed by atoms with Crippen molar-refractivity contribution in [3.63, 3.8) is 0 Å². The Labute approximate surface area is 208 Å². The van der Waals surface area contributed by atoms with Gasteiger partial charge >= 0.3 is 0 Å². The average molecular weight is 495 g/mol. The Bertz CT molecular complexity index is 1220. The summed E-state index contributed by atoms with van der Waals surface area (Å²) in [4.78, 5) is 22.2. The van der Waals surface area contributed by atoms with Gasteiger partial charge in [-0.2, -0.15) is 10.1 Å². The van der Waals surface area contributed by atoms with Crippen LogP contribution in [0, 0.1) is 12.7 Å². The Balaban J connectivity index is 1.34. The van der Waals surface area contributed by atoms with Gasteiger partial charge in [-0.05, 0) is 42.8 Å². The molecule has 0 unspecified atom stereocenters. The van der Waals surface area contributed by atoms with Crippen molar-refractivity contribution in [2.75, 3.05) is 55.7 Å². The normalized spacial score (nSPS) is 13.5. The zero-order chi connectivity index (χ0) is 25.3. The van der Waals surface area contributed by atoms with Crippen LogP contribution in [0.2, 0.25) is 0 Å². The van der Waals surface area contributed by atoms with Crippen LogP contribution in [0.4, 0.5) is 21.8 Å². The summed E-state index contributed by atoms with van der Waals surface area (Å²) in [5, 5.41) is 6.92. The Kier molecular flexibility index (Phi) is 8.24. The first kappa shape index (κ1) is 24.9. The Morgan fingerprint density at radius 3 is 2.72 bits per heavy atom. The number of benzene rings is 2. The number of nitrogens with one attached hydrogen (secondary N) is 2. The summed E-state index contributed by atoms with van der Waals surface area (Å²) >= 11 is 0. The van der Waals surface area contributed by atoms with Gasteiger partial charge in [-0.3, -0.25) is 4.79 Å². The summed E-state index contributed by atoms with van der Waals surface area (Å²) < 4.78 is 30.5. The second kappa shape index (κ2) is 11.9. The number of ether oxygens (including phenoxy) is 3. The minimum atomic E-state index is -0.501. The number of carbonyl (C=O) groups excluding carboxylic acids is 1. The highest BCUT2D eigenvalue weighted by Crippen LogP contribution is 2.27. The van der Waals surface area contributed by atoms with Gasteiger partial charge in [0.25, 0.3) is 5.91 Å². The maximum atomic E-state index is 14.2. The minimum Gasteiger partial charge on any atom is -0.493 e. The molecule has 11 heteroatoms. The second-order valence-corrected chi connectivity index (χ2v) is 7.95. The molecule has 2 heterocycles. The van der Waals surface area contributed by atoms with Gasteiger partial charge in [0, 0.05) is 18.8 Å². The van der Waals surface area contributed by atoms with Crippen molar-refractivity contribution in [2.45, 2.75) is 6.92 Å². The van der Waals surface area contributed by atoms with Gasteiger partial charge in [0.15, 0.2) is 29.7 Å². The van der Waals surface area contributed by atoms with Crippen molar-refractivity contribution in [3.05, 3.63) is 65.6 Å². The van der Waals surface area contributed by atoms with Crippen LogP contribution in [-0.2, 0) is 9.53 Å². The molecule has 3 aromatic rings.